The molecule has 3 heteroatoms. The zero-order valence-corrected chi connectivity index (χ0v) is 9.13. The summed E-state index contributed by atoms with van der Waals surface area (Å²) < 4.78 is 5.10. The molecule has 2 rings (SSSR count). The first-order valence-electron chi connectivity index (χ1n) is 5.10. The highest BCUT2D eigenvalue weighted by atomic mass is 16.5. The number of rotatable bonds is 3. The van der Waals surface area contributed by atoms with Crippen LogP contribution in [0.15, 0.2) is 48.8 Å². The standard InChI is InChI=1S/C13H14N2O/c1-16-12-6-4-10(5-7-12)13(14)11-3-2-8-15-9-11/h2-9,13H,14H2,1H3/t13-/m0/s1. The normalized spacial score (nSPS) is 12.1. The minimum absolute atomic E-state index is 0.139. The Kier molecular flexibility index (Phi) is 3.17. The highest BCUT2D eigenvalue weighted by Crippen LogP contribution is 2.20. The van der Waals surface area contributed by atoms with E-state index in [-0.39, 0.29) is 6.04 Å². The molecule has 0 aliphatic carbocycles. The van der Waals surface area contributed by atoms with Gasteiger partial charge in [0.1, 0.15) is 5.75 Å². The maximum atomic E-state index is 6.13. The second-order valence-corrected chi connectivity index (χ2v) is 3.54. The zero-order chi connectivity index (χ0) is 11.4. The quantitative estimate of drug-likeness (QED) is 0.851. The van der Waals surface area contributed by atoms with Gasteiger partial charge < -0.3 is 10.5 Å². The summed E-state index contributed by atoms with van der Waals surface area (Å²) >= 11 is 0. The fourth-order valence-electron chi connectivity index (χ4n) is 1.56. The number of nitrogens with zero attached hydrogens (tertiary/aromatic N) is 1. The van der Waals surface area contributed by atoms with Crippen molar-refractivity contribution in [1.82, 2.24) is 4.98 Å². The molecule has 0 bridgehead atoms. The van der Waals surface area contributed by atoms with Gasteiger partial charge in [-0.05, 0) is 29.3 Å². The van der Waals surface area contributed by atoms with E-state index in [9.17, 15) is 0 Å². The molecule has 0 aliphatic rings. The molecule has 0 radical (unpaired) electrons. The SMILES string of the molecule is COc1ccc([C@H](N)c2cccnc2)cc1. The van der Waals surface area contributed by atoms with E-state index in [4.69, 9.17) is 10.5 Å². The molecule has 1 aromatic carbocycles. The fourth-order valence-corrected chi connectivity index (χ4v) is 1.56. The van der Waals surface area contributed by atoms with Crippen molar-refractivity contribution < 1.29 is 4.74 Å². The van der Waals surface area contributed by atoms with E-state index in [2.05, 4.69) is 4.98 Å². The summed E-state index contributed by atoms with van der Waals surface area (Å²) in [4.78, 5) is 4.06. The Hall–Kier alpha value is -1.87. The second kappa shape index (κ2) is 4.77. The fraction of sp³-hybridized carbons (Fsp3) is 0.154. The van der Waals surface area contributed by atoms with Crippen molar-refractivity contribution in [2.75, 3.05) is 7.11 Å². The molecule has 0 saturated heterocycles. The number of hydrogen-bond acceptors (Lipinski definition) is 3. The topological polar surface area (TPSA) is 48.1 Å². The van der Waals surface area contributed by atoms with E-state index in [1.54, 1.807) is 19.5 Å². The predicted octanol–water partition coefficient (Wildman–Crippen LogP) is 2.14. The van der Waals surface area contributed by atoms with Gasteiger partial charge in [0.25, 0.3) is 0 Å². The highest BCUT2D eigenvalue weighted by molar-refractivity contribution is 5.33. The Morgan fingerprint density at radius 3 is 2.44 bits per heavy atom. The summed E-state index contributed by atoms with van der Waals surface area (Å²) in [6.07, 6.45) is 3.53. The van der Waals surface area contributed by atoms with Crippen LogP contribution >= 0.6 is 0 Å². The molecular formula is C13H14N2O. The summed E-state index contributed by atoms with van der Waals surface area (Å²) in [6.45, 7) is 0. The first-order chi connectivity index (χ1) is 7.81. The van der Waals surface area contributed by atoms with Crippen LogP contribution in [0.4, 0.5) is 0 Å². The number of pyridine rings is 1. The van der Waals surface area contributed by atoms with Crippen LogP contribution in [0.1, 0.15) is 17.2 Å². The van der Waals surface area contributed by atoms with Gasteiger partial charge in [0, 0.05) is 12.4 Å². The van der Waals surface area contributed by atoms with Crippen molar-refractivity contribution in [2.24, 2.45) is 5.73 Å². The van der Waals surface area contributed by atoms with Crippen LogP contribution in [0.5, 0.6) is 5.75 Å². The number of benzene rings is 1. The van der Waals surface area contributed by atoms with Gasteiger partial charge in [0.15, 0.2) is 0 Å². The molecule has 82 valence electrons. The van der Waals surface area contributed by atoms with Crippen LogP contribution in [0.2, 0.25) is 0 Å². The molecule has 2 aromatic rings. The Morgan fingerprint density at radius 2 is 1.88 bits per heavy atom. The minimum Gasteiger partial charge on any atom is -0.497 e. The lowest BCUT2D eigenvalue weighted by Crippen LogP contribution is -2.11. The summed E-state index contributed by atoms with van der Waals surface area (Å²) in [5, 5.41) is 0. The first-order valence-corrected chi connectivity index (χ1v) is 5.10. The Labute approximate surface area is 94.9 Å². The van der Waals surface area contributed by atoms with Gasteiger partial charge >= 0.3 is 0 Å². The van der Waals surface area contributed by atoms with E-state index >= 15 is 0 Å². The van der Waals surface area contributed by atoms with Gasteiger partial charge in [0.2, 0.25) is 0 Å². The molecule has 1 aromatic heterocycles. The Bertz CT molecular complexity index is 439. The van der Waals surface area contributed by atoms with Gasteiger partial charge in [-0.1, -0.05) is 18.2 Å². The monoisotopic (exact) mass is 214 g/mol. The number of methoxy groups -OCH3 is 1. The number of aromatic nitrogens is 1. The Morgan fingerprint density at radius 1 is 1.12 bits per heavy atom. The molecule has 16 heavy (non-hydrogen) atoms. The van der Waals surface area contributed by atoms with Crippen LogP contribution in [-0.4, -0.2) is 12.1 Å². The Balaban J connectivity index is 2.24. The zero-order valence-electron chi connectivity index (χ0n) is 9.13. The summed E-state index contributed by atoms with van der Waals surface area (Å²) in [7, 11) is 1.65. The van der Waals surface area contributed by atoms with Crippen LogP contribution in [-0.2, 0) is 0 Å². The molecule has 0 aliphatic heterocycles. The van der Waals surface area contributed by atoms with Gasteiger partial charge in [-0.15, -0.1) is 0 Å². The van der Waals surface area contributed by atoms with E-state index in [1.807, 2.05) is 36.4 Å². The van der Waals surface area contributed by atoms with Crippen LogP contribution < -0.4 is 10.5 Å². The smallest absolute Gasteiger partial charge is 0.118 e. The summed E-state index contributed by atoms with van der Waals surface area (Å²) in [5.74, 6) is 0.835. The highest BCUT2D eigenvalue weighted by Gasteiger charge is 2.08. The van der Waals surface area contributed by atoms with E-state index in [1.165, 1.54) is 0 Å². The van der Waals surface area contributed by atoms with Gasteiger partial charge in [-0.2, -0.15) is 0 Å². The van der Waals surface area contributed by atoms with Crippen molar-refractivity contribution in [1.29, 1.82) is 0 Å². The van der Waals surface area contributed by atoms with Crippen molar-refractivity contribution in [3.8, 4) is 5.75 Å². The molecule has 0 amide bonds. The molecule has 3 nitrogen and oxygen atoms in total. The molecule has 1 heterocycles. The molecule has 0 spiro atoms. The number of hydrogen-bond donors (Lipinski definition) is 1. The molecule has 0 fully saturated rings. The second-order valence-electron chi connectivity index (χ2n) is 3.54. The number of nitrogens with two attached hydrogens (primary N) is 1. The summed E-state index contributed by atoms with van der Waals surface area (Å²) in [6, 6.07) is 11.5. The largest absolute Gasteiger partial charge is 0.497 e. The average Bonchev–Trinajstić information content (AvgIpc) is 2.39. The summed E-state index contributed by atoms with van der Waals surface area (Å²) in [5.41, 5.74) is 8.18. The van der Waals surface area contributed by atoms with E-state index < -0.39 is 0 Å². The van der Waals surface area contributed by atoms with Crippen LogP contribution in [0.3, 0.4) is 0 Å². The maximum Gasteiger partial charge on any atom is 0.118 e. The van der Waals surface area contributed by atoms with Crippen LogP contribution in [0.25, 0.3) is 0 Å². The number of ether oxygens (including phenoxy) is 1. The lowest BCUT2D eigenvalue weighted by molar-refractivity contribution is 0.414. The lowest BCUT2D eigenvalue weighted by Gasteiger charge is -2.12. The lowest BCUT2D eigenvalue weighted by atomic mass is 10.0. The van der Waals surface area contributed by atoms with Gasteiger partial charge in [0.05, 0.1) is 13.2 Å². The molecule has 0 unspecified atom stereocenters. The van der Waals surface area contributed by atoms with Gasteiger partial charge in [-0.3, -0.25) is 4.98 Å². The molecule has 2 N–H and O–H groups in total. The van der Waals surface area contributed by atoms with Gasteiger partial charge in [-0.25, -0.2) is 0 Å². The molecule has 1 atom stereocenters. The van der Waals surface area contributed by atoms with Crippen molar-refractivity contribution in [2.45, 2.75) is 6.04 Å². The van der Waals surface area contributed by atoms with Crippen LogP contribution in [0, 0.1) is 0 Å². The third kappa shape index (κ3) is 2.20. The third-order valence-corrected chi connectivity index (χ3v) is 2.52. The van der Waals surface area contributed by atoms with E-state index in [0.717, 1.165) is 16.9 Å². The molecular weight excluding hydrogens is 200 g/mol. The third-order valence-electron chi connectivity index (χ3n) is 2.52. The first kappa shape index (κ1) is 10.6. The average molecular weight is 214 g/mol. The maximum absolute atomic E-state index is 6.13. The molecule has 0 saturated carbocycles. The minimum atomic E-state index is -0.139. The predicted molar refractivity (Wildman–Crippen MR) is 63.3 cm³/mol. The van der Waals surface area contributed by atoms with E-state index in [0.29, 0.717) is 0 Å². The van der Waals surface area contributed by atoms with Crippen molar-refractivity contribution in [3.63, 3.8) is 0 Å². The van der Waals surface area contributed by atoms with Crippen molar-refractivity contribution in [3.05, 3.63) is 59.9 Å². The van der Waals surface area contributed by atoms with Crippen molar-refractivity contribution >= 4 is 0 Å².